The van der Waals surface area contributed by atoms with Crippen molar-refractivity contribution in [2.45, 2.75) is 31.0 Å². The molecule has 0 saturated carbocycles. The van der Waals surface area contributed by atoms with Gasteiger partial charge in [0.05, 0.1) is 11.3 Å². The molecule has 144 valence electrons. The number of rotatable bonds is 5. The number of pyridine rings is 1. The second kappa shape index (κ2) is 7.62. The van der Waals surface area contributed by atoms with Gasteiger partial charge in [0.1, 0.15) is 22.8 Å². The molecule has 1 aromatic carbocycles. The van der Waals surface area contributed by atoms with E-state index in [2.05, 4.69) is 4.98 Å². The fourth-order valence-electron chi connectivity index (χ4n) is 2.56. The maximum Gasteiger partial charge on any atom is 0.409 e. The zero-order valence-corrected chi connectivity index (χ0v) is 15.1. The molecule has 1 heterocycles. The van der Waals surface area contributed by atoms with E-state index < -0.39 is 45.1 Å². The maximum absolute atomic E-state index is 13.7. The van der Waals surface area contributed by atoms with Crippen LogP contribution >= 0.6 is 0 Å². The molecule has 0 N–H and O–H groups in total. The number of nitriles is 1. The van der Waals surface area contributed by atoms with Crippen LogP contribution < -0.4 is 0 Å². The van der Waals surface area contributed by atoms with Crippen LogP contribution in [-0.4, -0.2) is 30.4 Å². The predicted molar refractivity (Wildman–Crippen MR) is 88.5 cm³/mol. The Balaban J connectivity index is 2.62. The number of aryl methyl sites for hydroxylation is 1. The molecule has 1 aromatic heterocycles. The van der Waals surface area contributed by atoms with Crippen LogP contribution in [0.2, 0.25) is 0 Å². The Morgan fingerprint density at radius 1 is 1.26 bits per heavy atom. The fourth-order valence-corrected chi connectivity index (χ4v) is 4.14. The summed E-state index contributed by atoms with van der Waals surface area (Å²) < 4.78 is 80.3. The minimum absolute atomic E-state index is 0.0579. The Labute approximate surface area is 153 Å². The standard InChI is InChI=1S/C17H15F4N3O2S/c1-3-24(16(17(19,20)21)12-4-6-14(18)7-5-12)27(25,26)15-8-13(9-22)11(2)23-10-15/h4-8,10,16H,3H2,1-2H3. The van der Waals surface area contributed by atoms with Crippen molar-refractivity contribution < 1.29 is 26.0 Å². The van der Waals surface area contributed by atoms with Gasteiger partial charge in [-0.1, -0.05) is 19.1 Å². The third-order valence-electron chi connectivity index (χ3n) is 3.88. The Kier molecular flexibility index (Phi) is 5.87. The van der Waals surface area contributed by atoms with Gasteiger partial charge < -0.3 is 0 Å². The van der Waals surface area contributed by atoms with Crippen LogP contribution in [0.4, 0.5) is 17.6 Å². The lowest BCUT2D eigenvalue weighted by Gasteiger charge is -2.31. The molecule has 5 nitrogen and oxygen atoms in total. The molecule has 0 aliphatic heterocycles. The molecule has 2 aromatic rings. The van der Waals surface area contributed by atoms with Crippen molar-refractivity contribution in [1.29, 1.82) is 5.26 Å². The van der Waals surface area contributed by atoms with Gasteiger partial charge in [-0.3, -0.25) is 4.98 Å². The average Bonchev–Trinajstić information content (AvgIpc) is 2.59. The van der Waals surface area contributed by atoms with Crippen molar-refractivity contribution in [2.75, 3.05) is 6.54 Å². The lowest BCUT2D eigenvalue weighted by molar-refractivity contribution is -0.173. The molecular formula is C17H15F4N3O2S. The first-order chi connectivity index (χ1) is 12.5. The summed E-state index contributed by atoms with van der Waals surface area (Å²) in [6, 6.07) is 3.66. The summed E-state index contributed by atoms with van der Waals surface area (Å²) in [4.78, 5) is 3.25. The number of sulfonamides is 1. The first-order valence-electron chi connectivity index (χ1n) is 7.73. The van der Waals surface area contributed by atoms with Gasteiger partial charge in [-0.15, -0.1) is 0 Å². The summed E-state index contributed by atoms with van der Waals surface area (Å²) >= 11 is 0. The van der Waals surface area contributed by atoms with Crippen LogP contribution in [0.5, 0.6) is 0 Å². The lowest BCUT2D eigenvalue weighted by atomic mass is 10.1. The first kappa shape index (κ1) is 20.8. The van der Waals surface area contributed by atoms with Gasteiger partial charge in [0.2, 0.25) is 10.0 Å². The van der Waals surface area contributed by atoms with Crippen molar-refractivity contribution in [2.24, 2.45) is 0 Å². The Morgan fingerprint density at radius 2 is 1.85 bits per heavy atom. The summed E-state index contributed by atoms with van der Waals surface area (Å²) in [6.07, 6.45) is -4.04. The van der Waals surface area contributed by atoms with E-state index in [1.54, 1.807) is 6.07 Å². The van der Waals surface area contributed by atoms with Gasteiger partial charge >= 0.3 is 6.18 Å². The van der Waals surface area contributed by atoms with E-state index in [-0.39, 0.29) is 15.6 Å². The van der Waals surface area contributed by atoms with Gasteiger partial charge in [-0.2, -0.15) is 22.7 Å². The molecule has 0 amide bonds. The smallest absolute Gasteiger partial charge is 0.259 e. The molecule has 0 fully saturated rings. The van der Waals surface area contributed by atoms with Gasteiger partial charge in [-0.05, 0) is 30.7 Å². The molecule has 0 spiro atoms. The van der Waals surface area contributed by atoms with Crippen LogP contribution in [0.15, 0.2) is 41.4 Å². The van der Waals surface area contributed by atoms with Gasteiger partial charge in [-0.25, -0.2) is 12.8 Å². The van der Waals surface area contributed by atoms with Crippen molar-refractivity contribution >= 4 is 10.0 Å². The SMILES string of the molecule is CCN(C(c1ccc(F)cc1)C(F)(F)F)S(=O)(=O)c1cnc(C)c(C#N)c1. The van der Waals surface area contributed by atoms with E-state index in [9.17, 15) is 26.0 Å². The van der Waals surface area contributed by atoms with Crippen LogP contribution in [0, 0.1) is 24.1 Å². The van der Waals surface area contributed by atoms with Crippen molar-refractivity contribution in [1.82, 2.24) is 9.29 Å². The second-order valence-electron chi connectivity index (χ2n) is 5.62. The number of benzene rings is 1. The quantitative estimate of drug-likeness (QED) is 0.716. The largest absolute Gasteiger partial charge is 0.409 e. The molecule has 0 saturated heterocycles. The van der Waals surface area contributed by atoms with E-state index in [0.29, 0.717) is 0 Å². The van der Waals surface area contributed by atoms with Crippen molar-refractivity contribution in [3.05, 3.63) is 59.2 Å². The second-order valence-corrected chi connectivity index (χ2v) is 7.51. The monoisotopic (exact) mass is 401 g/mol. The number of aromatic nitrogens is 1. The number of halogens is 4. The molecule has 27 heavy (non-hydrogen) atoms. The lowest BCUT2D eigenvalue weighted by Crippen LogP contribution is -2.42. The normalized spacial score (nSPS) is 13.4. The third-order valence-corrected chi connectivity index (χ3v) is 5.79. The molecule has 0 aliphatic carbocycles. The Bertz CT molecular complexity index is 967. The zero-order valence-electron chi connectivity index (χ0n) is 14.3. The highest BCUT2D eigenvalue weighted by atomic mass is 32.2. The van der Waals surface area contributed by atoms with Crippen molar-refractivity contribution in [3.8, 4) is 6.07 Å². The fraction of sp³-hybridized carbons (Fsp3) is 0.294. The summed E-state index contributed by atoms with van der Waals surface area (Å²) in [5, 5.41) is 9.03. The highest BCUT2D eigenvalue weighted by molar-refractivity contribution is 7.89. The van der Waals surface area contributed by atoms with Crippen molar-refractivity contribution in [3.63, 3.8) is 0 Å². The maximum atomic E-state index is 13.7. The molecule has 10 heteroatoms. The Morgan fingerprint density at radius 3 is 2.33 bits per heavy atom. The minimum Gasteiger partial charge on any atom is -0.259 e. The number of hydrogen-bond donors (Lipinski definition) is 0. The molecule has 0 bridgehead atoms. The number of nitrogens with zero attached hydrogens (tertiary/aromatic N) is 3. The first-order valence-corrected chi connectivity index (χ1v) is 9.17. The molecule has 2 rings (SSSR count). The topological polar surface area (TPSA) is 74.1 Å². The number of hydrogen-bond acceptors (Lipinski definition) is 4. The highest BCUT2D eigenvalue weighted by Crippen LogP contribution is 2.40. The Hall–Kier alpha value is -2.51. The molecule has 0 radical (unpaired) electrons. The van der Waals surface area contributed by atoms with Gasteiger partial charge in [0.25, 0.3) is 0 Å². The summed E-state index contributed by atoms with van der Waals surface area (Å²) in [6.45, 7) is 2.23. The van der Waals surface area contributed by atoms with E-state index in [0.717, 1.165) is 36.5 Å². The molecular weight excluding hydrogens is 386 g/mol. The van der Waals surface area contributed by atoms with E-state index in [1.807, 2.05) is 0 Å². The summed E-state index contributed by atoms with van der Waals surface area (Å²) in [5.74, 6) is -0.744. The summed E-state index contributed by atoms with van der Waals surface area (Å²) in [7, 11) is -4.64. The van der Waals surface area contributed by atoms with E-state index in [1.165, 1.54) is 13.8 Å². The van der Waals surface area contributed by atoms with Crippen LogP contribution in [0.1, 0.15) is 29.8 Å². The van der Waals surface area contributed by atoms with Gasteiger partial charge in [0, 0.05) is 12.7 Å². The number of alkyl halides is 3. The zero-order chi connectivity index (χ0) is 20.4. The predicted octanol–water partition coefficient (Wildman–Crippen LogP) is 3.72. The summed E-state index contributed by atoms with van der Waals surface area (Å²) in [5.41, 5.74) is -0.224. The third kappa shape index (κ3) is 4.26. The molecule has 1 unspecified atom stereocenters. The minimum atomic E-state index is -4.95. The van der Waals surface area contributed by atoms with E-state index >= 15 is 0 Å². The van der Waals surface area contributed by atoms with Crippen LogP contribution in [0.25, 0.3) is 0 Å². The molecule has 0 aliphatic rings. The highest BCUT2D eigenvalue weighted by Gasteiger charge is 2.48. The van der Waals surface area contributed by atoms with E-state index in [4.69, 9.17) is 5.26 Å². The van der Waals surface area contributed by atoms with Crippen LogP contribution in [0.3, 0.4) is 0 Å². The molecule has 1 atom stereocenters. The van der Waals surface area contributed by atoms with Gasteiger partial charge in [0.15, 0.2) is 0 Å². The average molecular weight is 401 g/mol. The van der Waals surface area contributed by atoms with Crippen LogP contribution in [-0.2, 0) is 10.0 Å².